The molecule has 0 radical (unpaired) electrons. The molecule has 4 fully saturated rings. The van der Waals surface area contributed by atoms with E-state index in [0.29, 0.717) is 0 Å². The first-order valence-electron chi connectivity index (χ1n) is 8.28. The highest BCUT2D eigenvalue weighted by Gasteiger charge is 2.48. The minimum atomic E-state index is 0.271. The molecule has 4 aliphatic carbocycles. The van der Waals surface area contributed by atoms with Crippen LogP contribution in [0.25, 0.3) is 0 Å². The second-order valence-electron chi connectivity index (χ2n) is 7.50. The number of hydrogen-bond donors (Lipinski definition) is 1. The summed E-state index contributed by atoms with van der Waals surface area (Å²) in [6, 6.07) is 2.27. The molecule has 2 N–H and O–H groups in total. The lowest BCUT2D eigenvalue weighted by molar-refractivity contribution is -0.0419. The predicted molar refractivity (Wildman–Crippen MR) is 78.9 cm³/mol. The van der Waals surface area contributed by atoms with Crippen LogP contribution in [0.4, 0.5) is 0 Å². The molecular weight excluding hydrogens is 246 g/mol. The van der Waals surface area contributed by atoms with Crippen LogP contribution in [0.5, 0.6) is 0 Å². The average Bonchev–Trinajstić information content (AvgIpc) is 2.43. The lowest BCUT2D eigenvalue weighted by Gasteiger charge is -2.55. The molecule has 0 saturated heterocycles. The Balaban J connectivity index is 1.39. The van der Waals surface area contributed by atoms with Gasteiger partial charge < -0.3 is 5.73 Å². The third kappa shape index (κ3) is 2.37. The van der Waals surface area contributed by atoms with E-state index < -0.39 is 0 Å². The van der Waals surface area contributed by atoms with Gasteiger partial charge in [-0.2, -0.15) is 0 Å². The molecule has 5 rings (SSSR count). The minimum absolute atomic E-state index is 0.271. The molecule has 1 aromatic heterocycles. The fourth-order valence-corrected chi connectivity index (χ4v) is 5.56. The van der Waals surface area contributed by atoms with Gasteiger partial charge in [0, 0.05) is 24.4 Å². The number of rotatable bonds is 4. The highest BCUT2D eigenvalue weighted by Crippen LogP contribution is 2.57. The van der Waals surface area contributed by atoms with E-state index in [9.17, 15) is 0 Å². The highest BCUT2D eigenvalue weighted by molar-refractivity contribution is 5.02. The second-order valence-corrected chi connectivity index (χ2v) is 7.50. The quantitative estimate of drug-likeness (QED) is 0.916. The van der Waals surface area contributed by atoms with Gasteiger partial charge in [-0.15, -0.1) is 0 Å². The van der Waals surface area contributed by atoms with Crippen molar-refractivity contribution >= 4 is 0 Å². The van der Waals surface area contributed by atoms with Crippen LogP contribution in [0.1, 0.15) is 44.2 Å². The topological polar surface area (TPSA) is 51.8 Å². The number of hydrogen-bond acceptors (Lipinski definition) is 3. The van der Waals surface area contributed by atoms with E-state index in [-0.39, 0.29) is 6.04 Å². The molecule has 3 nitrogen and oxygen atoms in total. The molecule has 0 amide bonds. The van der Waals surface area contributed by atoms with Gasteiger partial charge in [-0.3, -0.25) is 0 Å². The van der Waals surface area contributed by atoms with E-state index in [4.69, 9.17) is 5.73 Å². The molecular formula is C17H25N3. The lowest BCUT2D eigenvalue weighted by atomic mass is 9.51. The van der Waals surface area contributed by atoms with Crippen molar-refractivity contribution in [2.75, 3.05) is 0 Å². The van der Waals surface area contributed by atoms with Crippen molar-refractivity contribution in [2.24, 2.45) is 35.3 Å². The molecule has 108 valence electrons. The molecule has 1 heterocycles. The Hall–Kier alpha value is -0.960. The van der Waals surface area contributed by atoms with Crippen LogP contribution in [0.2, 0.25) is 0 Å². The predicted octanol–water partition coefficient (Wildman–Crippen LogP) is 2.81. The van der Waals surface area contributed by atoms with E-state index in [2.05, 4.69) is 9.97 Å². The molecule has 4 aliphatic rings. The number of nitrogens with zero attached hydrogens (tertiary/aromatic N) is 2. The van der Waals surface area contributed by atoms with E-state index in [1.54, 1.807) is 6.33 Å². The average molecular weight is 271 g/mol. The molecule has 4 saturated carbocycles. The summed E-state index contributed by atoms with van der Waals surface area (Å²) >= 11 is 0. The Morgan fingerprint density at radius 2 is 1.80 bits per heavy atom. The van der Waals surface area contributed by atoms with Crippen molar-refractivity contribution in [1.29, 1.82) is 0 Å². The summed E-state index contributed by atoms with van der Waals surface area (Å²) in [5, 5.41) is 0. The second kappa shape index (κ2) is 5.10. The van der Waals surface area contributed by atoms with Crippen molar-refractivity contribution in [1.82, 2.24) is 9.97 Å². The van der Waals surface area contributed by atoms with Crippen LogP contribution in [-0.4, -0.2) is 16.0 Å². The Bertz CT molecular complexity index is 431. The smallest absolute Gasteiger partial charge is 0.115 e. The first kappa shape index (κ1) is 12.8. The van der Waals surface area contributed by atoms with Gasteiger partial charge in [-0.25, -0.2) is 9.97 Å². The van der Waals surface area contributed by atoms with Gasteiger partial charge in [0.1, 0.15) is 6.33 Å². The van der Waals surface area contributed by atoms with Crippen LogP contribution >= 0.6 is 0 Å². The van der Waals surface area contributed by atoms with Gasteiger partial charge in [0.2, 0.25) is 0 Å². The van der Waals surface area contributed by atoms with E-state index in [0.717, 1.165) is 41.7 Å². The number of nitrogens with two attached hydrogens (primary N) is 1. The van der Waals surface area contributed by atoms with Gasteiger partial charge in [-0.05, 0) is 74.2 Å². The first-order chi connectivity index (χ1) is 9.78. The summed E-state index contributed by atoms with van der Waals surface area (Å²) in [4.78, 5) is 8.29. The van der Waals surface area contributed by atoms with Crippen molar-refractivity contribution in [3.8, 4) is 0 Å². The summed E-state index contributed by atoms with van der Waals surface area (Å²) in [5.41, 5.74) is 7.52. The van der Waals surface area contributed by atoms with E-state index in [1.165, 1.54) is 38.5 Å². The summed E-state index contributed by atoms with van der Waals surface area (Å²) in [7, 11) is 0. The standard InChI is InChI=1S/C17H25N3/c18-15(8-16-1-2-19-10-20-16)9-17-13-4-11-3-12(6-13)7-14(17)5-11/h1-2,10-15,17H,3-9,18H2. The van der Waals surface area contributed by atoms with E-state index in [1.807, 2.05) is 12.3 Å². The molecule has 0 aromatic carbocycles. The van der Waals surface area contributed by atoms with Crippen LogP contribution < -0.4 is 5.73 Å². The van der Waals surface area contributed by atoms with Gasteiger partial charge in [0.15, 0.2) is 0 Å². The normalized spacial score (nSPS) is 40.0. The van der Waals surface area contributed by atoms with Crippen molar-refractivity contribution in [3.63, 3.8) is 0 Å². The molecule has 1 aromatic rings. The summed E-state index contributed by atoms with van der Waals surface area (Å²) < 4.78 is 0. The molecule has 20 heavy (non-hydrogen) atoms. The van der Waals surface area contributed by atoms with Gasteiger partial charge >= 0.3 is 0 Å². The first-order valence-corrected chi connectivity index (χ1v) is 8.28. The summed E-state index contributed by atoms with van der Waals surface area (Å²) in [6.45, 7) is 0. The molecule has 3 heteroatoms. The third-order valence-corrected chi connectivity index (χ3v) is 6.11. The van der Waals surface area contributed by atoms with Crippen LogP contribution in [0.3, 0.4) is 0 Å². The minimum Gasteiger partial charge on any atom is -0.327 e. The monoisotopic (exact) mass is 271 g/mol. The maximum atomic E-state index is 6.43. The molecule has 1 atom stereocenters. The van der Waals surface area contributed by atoms with Gasteiger partial charge in [-0.1, -0.05) is 0 Å². The van der Waals surface area contributed by atoms with Gasteiger partial charge in [0.05, 0.1) is 0 Å². The summed E-state index contributed by atoms with van der Waals surface area (Å²) in [5.74, 6) is 5.00. The zero-order chi connectivity index (χ0) is 13.5. The summed E-state index contributed by atoms with van der Waals surface area (Å²) in [6.07, 6.45) is 13.1. The van der Waals surface area contributed by atoms with Crippen LogP contribution in [0, 0.1) is 29.6 Å². The van der Waals surface area contributed by atoms with Gasteiger partial charge in [0.25, 0.3) is 0 Å². The molecule has 0 spiro atoms. The lowest BCUT2D eigenvalue weighted by Crippen LogP contribution is -2.47. The van der Waals surface area contributed by atoms with Crippen LogP contribution in [-0.2, 0) is 6.42 Å². The largest absolute Gasteiger partial charge is 0.327 e. The van der Waals surface area contributed by atoms with Crippen molar-refractivity contribution < 1.29 is 0 Å². The Labute approximate surface area is 121 Å². The fourth-order valence-electron chi connectivity index (χ4n) is 5.56. The van der Waals surface area contributed by atoms with E-state index >= 15 is 0 Å². The van der Waals surface area contributed by atoms with Crippen molar-refractivity contribution in [2.45, 2.75) is 51.0 Å². The molecule has 1 unspecified atom stereocenters. The SMILES string of the molecule is NC(Cc1ccncn1)CC1C2CC3CC(C2)CC1C3. The maximum Gasteiger partial charge on any atom is 0.115 e. The van der Waals surface area contributed by atoms with Crippen LogP contribution in [0.15, 0.2) is 18.6 Å². The Morgan fingerprint density at radius 1 is 1.10 bits per heavy atom. The third-order valence-electron chi connectivity index (χ3n) is 6.11. The fraction of sp³-hybridized carbons (Fsp3) is 0.765. The Morgan fingerprint density at radius 3 is 2.40 bits per heavy atom. The molecule has 0 aliphatic heterocycles. The maximum absolute atomic E-state index is 6.43. The zero-order valence-electron chi connectivity index (χ0n) is 12.1. The number of aromatic nitrogens is 2. The van der Waals surface area contributed by atoms with Crippen molar-refractivity contribution in [3.05, 3.63) is 24.3 Å². The highest BCUT2D eigenvalue weighted by atomic mass is 14.8. The zero-order valence-corrected chi connectivity index (χ0v) is 12.1. The molecule has 4 bridgehead atoms. The Kier molecular flexibility index (Phi) is 3.25.